The standard InChI is InChI=1S/C49H29F2N3/c50-41-16-10-17-42(51)49(41)40-27-31(30-52)21-24-48(40)54-45-20-9-6-15-37(45)39-29-34(23-26-47(39)54)38-28-33(32-11-2-1-3-12-32)22-25-46(38)53-43-18-7-4-13-35(43)36-14-5-8-19-44(36)53/h1-29H. The van der Waals surface area contributed by atoms with Crippen molar-refractivity contribution >= 4 is 43.6 Å². The molecule has 2 heterocycles. The van der Waals surface area contributed by atoms with E-state index in [1.165, 1.54) is 29.0 Å². The Morgan fingerprint density at radius 3 is 1.54 bits per heavy atom. The van der Waals surface area contributed by atoms with E-state index in [2.05, 4.69) is 126 Å². The smallest absolute Gasteiger partial charge is 0.134 e. The summed E-state index contributed by atoms with van der Waals surface area (Å²) in [6.45, 7) is 0. The molecule has 0 aliphatic heterocycles. The van der Waals surface area contributed by atoms with E-state index >= 15 is 8.78 Å². The van der Waals surface area contributed by atoms with Gasteiger partial charge in [0.15, 0.2) is 0 Å². The van der Waals surface area contributed by atoms with Crippen LogP contribution >= 0.6 is 0 Å². The average molecular weight is 698 g/mol. The molecule has 254 valence electrons. The highest BCUT2D eigenvalue weighted by Crippen LogP contribution is 2.42. The van der Waals surface area contributed by atoms with Crippen LogP contribution in [0.25, 0.3) is 88.4 Å². The Bertz CT molecular complexity index is 3070. The fourth-order valence-electron chi connectivity index (χ4n) is 8.11. The minimum Gasteiger partial charge on any atom is -0.309 e. The van der Waals surface area contributed by atoms with Crippen LogP contribution in [0, 0.1) is 23.0 Å². The Labute approximate surface area is 309 Å². The monoisotopic (exact) mass is 697 g/mol. The molecule has 2 aromatic heterocycles. The molecule has 5 heteroatoms. The zero-order valence-electron chi connectivity index (χ0n) is 28.8. The summed E-state index contributed by atoms with van der Waals surface area (Å²) in [7, 11) is 0. The maximum atomic E-state index is 15.4. The fraction of sp³-hybridized carbons (Fsp3) is 0. The molecule has 0 unspecified atom stereocenters. The van der Waals surface area contributed by atoms with E-state index in [0.717, 1.165) is 60.8 Å². The number of fused-ring (bicyclic) bond motifs is 6. The number of hydrogen-bond donors (Lipinski definition) is 0. The van der Waals surface area contributed by atoms with Crippen LogP contribution in [0.3, 0.4) is 0 Å². The van der Waals surface area contributed by atoms with Gasteiger partial charge in [0, 0.05) is 32.7 Å². The van der Waals surface area contributed by atoms with Crippen LogP contribution in [0.15, 0.2) is 176 Å². The Kier molecular flexibility index (Phi) is 7.24. The second-order valence-corrected chi connectivity index (χ2v) is 13.5. The molecule has 3 nitrogen and oxygen atoms in total. The molecule has 0 N–H and O–H groups in total. The number of nitrogens with zero attached hydrogens (tertiary/aromatic N) is 3. The topological polar surface area (TPSA) is 33.6 Å². The second kappa shape index (κ2) is 12.4. The molecule has 0 bridgehead atoms. The summed E-state index contributed by atoms with van der Waals surface area (Å²) in [5.41, 5.74) is 10.4. The molecule has 10 aromatic rings. The molecule has 0 aliphatic carbocycles. The van der Waals surface area contributed by atoms with Crippen LogP contribution in [-0.2, 0) is 0 Å². The Balaban J connectivity index is 1.26. The highest BCUT2D eigenvalue weighted by molar-refractivity contribution is 6.12. The summed E-state index contributed by atoms with van der Waals surface area (Å²) in [4.78, 5) is 0. The van der Waals surface area contributed by atoms with E-state index in [9.17, 15) is 5.26 Å². The Morgan fingerprint density at radius 1 is 0.389 bits per heavy atom. The van der Waals surface area contributed by atoms with Crippen LogP contribution in [0.2, 0.25) is 0 Å². The number of halogens is 2. The molecule has 8 aromatic carbocycles. The van der Waals surface area contributed by atoms with Crippen molar-refractivity contribution in [1.82, 2.24) is 9.13 Å². The number of para-hydroxylation sites is 3. The zero-order chi connectivity index (χ0) is 36.3. The lowest BCUT2D eigenvalue weighted by Gasteiger charge is -2.17. The molecule has 0 amide bonds. The summed E-state index contributed by atoms with van der Waals surface area (Å²) in [5.74, 6) is -1.38. The van der Waals surface area contributed by atoms with Crippen molar-refractivity contribution in [2.24, 2.45) is 0 Å². The Morgan fingerprint density at radius 2 is 0.907 bits per heavy atom. The van der Waals surface area contributed by atoms with Crippen molar-refractivity contribution < 1.29 is 8.78 Å². The van der Waals surface area contributed by atoms with E-state index in [1.807, 2.05) is 28.8 Å². The van der Waals surface area contributed by atoms with Gasteiger partial charge in [-0.25, -0.2) is 8.78 Å². The van der Waals surface area contributed by atoms with Gasteiger partial charge in [-0.1, -0.05) is 103 Å². The van der Waals surface area contributed by atoms with Crippen molar-refractivity contribution in [2.45, 2.75) is 0 Å². The summed E-state index contributed by atoms with van der Waals surface area (Å²) in [6, 6.07) is 59.7. The maximum Gasteiger partial charge on any atom is 0.134 e. The first-order chi connectivity index (χ1) is 26.6. The zero-order valence-corrected chi connectivity index (χ0v) is 28.8. The second-order valence-electron chi connectivity index (χ2n) is 13.5. The molecule has 0 radical (unpaired) electrons. The number of aromatic nitrogens is 2. The van der Waals surface area contributed by atoms with Crippen molar-refractivity contribution in [2.75, 3.05) is 0 Å². The van der Waals surface area contributed by atoms with Crippen molar-refractivity contribution in [1.29, 1.82) is 5.26 Å². The summed E-state index contributed by atoms with van der Waals surface area (Å²) in [5, 5.41) is 14.2. The molecule has 0 fully saturated rings. The molecule has 0 saturated heterocycles. The van der Waals surface area contributed by atoms with Gasteiger partial charge in [-0.15, -0.1) is 0 Å². The molecule has 54 heavy (non-hydrogen) atoms. The minimum absolute atomic E-state index is 0.166. The van der Waals surface area contributed by atoms with E-state index in [1.54, 1.807) is 18.2 Å². The fourth-order valence-corrected chi connectivity index (χ4v) is 8.11. The first-order valence-electron chi connectivity index (χ1n) is 17.8. The average Bonchev–Trinajstić information content (AvgIpc) is 3.73. The van der Waals surface area contributed by atoms with Gasteiger partial charge in [0.2, 0.25) is 0 Å². The molecular weight excluding hydrogens is 669 g/mol. The first kappa shape index (κ1) is 31.4. The van der Waals surface area contributed by atoms with E-state index in [-0.39, 0.29) is 5.56 Å². The maximum absolute atomic E-state index is 15.4. The van der Waals surface area contributed by atoms with E-state index in [4.69, 9.17) is 0 Å². The van der Waals surface area contributed by atoms with Crippen molar-refractivity contribution in [3.05, 3.63) is 193 Å². The van der Waals surface area contributed by atoms with Gasteiger partial charge < -0.3 is 9.13 Å². The number of benzene rings is 8. The highest BCUT2D eigenvalue weighted by Gasteiger charge is 2.22. The number of rotatable bonds is 5. The van der Waals surface area contributed by atoms with Gasteiger partial charge in [0.05, 0.1) is 50.6 Å². The third kappa shape index (κ3) is 4.85. The van der Waals surface area contributed by atoms with Gasteiger partial charge in [-0.3, -0.25) is 0 Å². The molecule has 0 saturated carbocycles. The van der Waals surface area contributed by atoms with Gasteiger partial charge in [-0.05, 0) is 89.5 Å². The predicted molar refractivity (Wildman–Crippen MR) is 216 cm³/mol. The lowest BCUT2D eigenvalue weighted by atomic mass is 9.96. The van der Waals surface area contributed by atoms with Crippen LogP contribution < -0.4 is 0 Å². The lowest BCUT2D eigenvalue weighted by Crippen LogP contribution is -2.01. The van der Waals surface area contributed by atoms with Crippen molar-refractivity contribution in [3.8, 4) is 50.8 Å². The lowest BCUT2D eigenvalue weighted by molar-refractivity contribution is 0.589. The number of hydrogen-bond acceptors (Lipinski definition) is 1. The van der Waals surface area contributed by atoms with Gasteiger partial charge >= 0.3 is 0 Å². The van der Waals surface area contributed by atoms with Crippen molar-refractivity contribution in [3.63, 3.8) is 0 Å². The van der Waals surface area contributed by atoms with Crippen LogP contribution in [0.1, 0.15) is 5.56 Å². The summed E-state index contributed by atoms with van der Waals surface area (Å²) >= 11 is 0. The molecule has 0 aliphatic rings. The van der Waals surface area contributed by atoms with Gasteiger partial charge in [-0.2, -0.15) is 5.26 Å². The van der Waals surface area contributed by atoms with Gasteiger partial charge in [0.25, 0.3) is 0 Å². The first-order valence-corrected chi connectivity index (χ1v) is 17.8. The van der Waals surface area contributed by atoms with Crippen LogP contribution in [-0.4, -0.2) is 9.13 Å². The Hall–Kier alpha value is -7.29. The normalized spacial score (nSPS) is 11.5. The predicted octanol–water partition coefficient (Wildman–Crippen LogP) is 13.0. The summed E-state index contributed by atoms with van der Waals surface area (Å²) < 4.78 is 35.3. The number of nitriles is 1. The molecule has 0 atom stereocenters. The highest BCUT2D eigenvalue weighted by atomic mass is 19.1. The molecule has 0 spiro atoms. The van der Waals surface area contributed by atoms with Crippen LogP contribution in [0.4, 0.5) is 8.78 Å². The van der Waals surface area contributed by atoms with Gasteiger partial charge in [0.1, 0.15) is 11.6 Å². The minimum atomic E-state index is -0.690. The molecule has 10 rings (SSSR count). The van der Waals surface area contributed by atoms with E-state index < -0.39 is 11.6 Å². The SMILES string of the molecule is N#Cc1ccc(-n2c3ccccc3c3cc(-c4cc(-c5ccccc5)ccc4-n4c5ccccc5c5ccccc54)ccc32)c(-c2c(F)cccc2F)c1. The van der Waals surface area contributed by atoms with Crippen LogP contribution in [0.5, 0.6) is 0 Å². The third-order valence-corrected chi connectivity index (χ3v) is 10.5. The quantitative estimate of drug-likeness (QED) is 0.176. The molecular formula is C49H29F2N3. The third-order valence-electron chi connectivity index (χ3n) is 10.5. The van der Waals surface area contributed by atoms with E-state index in [0.29, 0.717) is 16.8 Å². The summed E-state index contributed by atoms with van der Waals surface area (Å²) in [6.07, 6.45) is 0. The largest absolute Gasteiger partial charge is 0.309 e.